The van der Waals surface area contributed by atoms with E-state index in [0.717, 1.165) is 23.4 Å². The fraction of sp³-hybridized carbons (Fsp3) is 0.450. The molecule has 0 N–H and O–H groups in total. The molecular weight excluding hydrogens is 346 g/mol. The van der Waals surface area contributed by atoms with Gasteiger partial charge in [-0.3, -0.25) is 14.6 Å². The Morgan fingerprint density at radius 1 is 1.27 bits per heavy atom. The van der Waals surface area contributed by atoms with Crippen LogP contribution in [-0.2, 0) is 22.7 Å². The molecule has 0 unspecified atom stereocenters. The Morgan fingerprint density at radius 3 is 2.77 bits per heavy atom. The maximum Gasteiger partial charge on any atom is 0.228 e. The lowest BCUT2D eigenvalue weighted by Gasteiger charge is -2.25. The lowest BCUT2D eigenvalue weighted by molar-refractivity contribution is -0.137. The summed E-state index contributed by atoms with van der Waals surface area (Å²) in [5.41, 5.74) is 0.873. The molecule has 1 saturated carbocycles. The molecule has 6 heteroatoms. The van der Waals surface area contributed by atoms with Crippen molar-refractivity contribution in [2.45, 2.75) is 45.3 Å². The van der Waals surface area contributed by atoms with Crippen LogP contribution in [0.3, 0.4) is 0 Å². The van der Waals surface area contributed by atoms with Crippen molar-refractivity contribution < 1.29 is 9.59 Å². The SMILES string of the molecule is Cc1ccc(CN(Cc2ccccn2)C(=O)[C@@H]2CC(=O)N(C3CC3)C2)s1. The van der Waals surface area contributed by atoms with Gasteiger partial charge >= 0.3 is 0 Å². The molecule has 2 amide bonds. The van der Waals surface area contributed by atoms with Crippen LogP contribution in [0.4, 0.5) is 0 Å². The Bertz CT molecular complexity index is 800. The van der Waals surface area contributed by atoms with Gasteiger partial charge in [0.1, 0.15) is 0 Å². The summed E-state index contributed by atoms with van der Waals surface area (Å²) in [6.45, 7) is 3.69. The Hall–Kier alpha value is -2.21. The number of nitrogens with zero attached hydrogens (tertiary/aromatic N) is 3. The van der Waals surface area contributed by atoms with E-state index in [9.17, 15) is 9.59 Å². The molecule has 2 aliphatic rings. The first-order chi connectivity index (χ1) is 12.6. The van der Waals surface area contributed by atoms with Crippen LogP contribution in [0.2, 0.25) is 0 Å². The third kappa shape index (κ3) is 3.80. The van der Waals surface area contributed by atoms with Crippen LogP contribution < -0.4 is 0 Å². The summed E-state index contributed by atoms with van der Waals surface area (Å²) in [5.74, 6) is -0.0262. The number of carbonyl (C=O) groups is 2. The summed E-state index contributed by atoms with van der Waals surface area (Å²) in [6, 6.07) is 10.3. The van der Waals surface area contributed by atoms with Crippen LogP contribution >= 0.6 is 11.3 Å². The van der Waals surface area contributed by atoms with Crippen molar-refractivity contribution >= 4 is 23.2 Å². The summed E-state index contributed by atoms with van der Waals surface area (Å²) >= 11 is 1.71. The van der Waals surface area contributed by atoms with E-state index >= 15 is 0 Å². The van der Waals surface area contributed by atoms with E-state index in [1.54, 1.807) is 17.5 Å². The highest BCUT2D eigenvalue weighted by molar-refractivity contribution is 7.11. The first kappa shape index (κ1) is 17.2. The molecule has 2 aromatic heterocycles. The van der Waals surface area contributed by atoms with Crippen molar-refractivity contribution in [3.05, 3.63) is 52.0 Å². The monoisotopic (exact) mass is 369 g/mol. The highest BCUT2D eigenvalue weighted by atomic mass is 32.1. The maximum absolute atomic E-state index is 13.2. The largest absolute Gasteiger partial charge is 0.339 e. The number of aromatic nitrogens is 1. The number of amides is 2. The molecule has 3 heterocycles. The van der Waals surface area contributed by atoms with Crippen molar-refractivity contribution in [3.8, 4) is 0 Å². The number of likely N-dealkylation sites (tertiary alicyclic amines) is 1. The molecule has 136 valence electrons. The van der Waals surface area contributed by atoms with Crippen LogP contribution in [0.1, 0.15) is 34.7 Å². The summed E-state index contributed by atoms with van der Waals surface area (Å²) < 4.78 is 0. The molecule has 0 spiro atoms. The number of thiophene rings is 1. The third-order valence-electron chi connectivity index (χ3n) is 5.03. The number of carbonyl (C=O) groups excluding carboxylic acids is 2. The minimum Gasteiger partial charge on any atom is -0.339 e. The predicted molar refractivity (Wildman–Crippen MR) is 100 cm³/mol. The van der Waals surface area contributed by atoms with Crippen LogP contribution in [0.15, 0.2) is 36.5 Å². The molecule has 2 aromatic rings. The average Bonchev–Trinajstić information content (AvgIpc) is 3.29. The lowest BCUT2D eigenvalue weighted by atomic mass is 10.1. The Morgan fingerprint density at radius 2 is 2.12 bits per heavy atom. The number of aryl methyl sites for hydroxylation is 1. The van der Waals surface area contributed by atoms with Crippen molar-refractivity contribution in [2.75, 3.05) is 6.54 Å². The van der Waals surface area contributed by atoms with Gasteiger partial charge < -0.3 is 9.80 Å². The topological polar surface area (TPSA) is 53.5 Å². The van der Waals surface area contributed by atoms with Gasteiger partial charge in [0.25, 0.3) is 0 Å². The van der Waals surface area contributed by atoms with E-state index in [4.69, 9.17) is 0 Å². The highest BCUT2D eigenvalue weighted by Gasteiger charge is 2.42. The maximum atomic E-state index is 13.2. The molecule has 0 aromatic carbocycles. The molecule has 4 rings (SSSR count). The third-order valence-corrected chi connectivity index (χ3v) is 6.01. The van der Waals surface area contributed by atoms with E-state index in [2.05, 4.69) is 24.0 Å². The molecule has 0 bridgehead atoms. The average molecular weight is 369 g/mol. The first-order valence-electron chi connectivity index (χ1n) is 9.13. The number of hydrogen-bond donors (Lipinski definition) is 0. The fourth-order valence-electron chi connectivity index (χ4n) is 3.55. The van der Waals surface area contributed by atoms with Crippen LogP contribution in [0.25, 0.3) is 0 Å². The summed E-state index contributed by atoms with van der Waals surface area (Å²) in [5, 5.41) is 0. The quantitative estimate of drug-likeness (QED) is 0.787. The number of rotatable bonds is 6. The van der Waals surface area contributed by atoms with Crippen molar-refractivity contribution in [1.82, 2.24) is 14.8 Å². The standard InChI is InChI=1S/C20H23N3O2S/c1-14-5-8-18(26-14)13-22(12-16-4-2-3-9-21-16)20(25)15-10-19(24)23(11-15)17-6-7-17/h2-5,8-9,15,17H,6-7,10-13H2,1H3/t15-/m1/s1. The van der Waals surface area contributed by atoms with Crippen LogP contribution in [0, 0.1) is 12.8 Å². The van der Waals surface area contributed by atoms with Crippen molar-refractivity contribution in [3.63, 3.8) is 0 Å². The van der Waals surface area contributed by atoms with E-state index in [1.165, 1.54) is 4.88 Å². The minimum atomic E-state index is -0.229. The van der Waals surface area contributed by atoms with Gasteiger partial charge in [-0.15, -0.1) is 11.3 Å². The zero-order chi connectivity index (χ0) is 18.1. The normalized spacial score (nSPS) is 19.8. The summed E-state index contributed by atoms with van der Waals surface area (Å²) in [4.78, 5) is 36.0. The van der Waals surface area contributed by atoms with Gasteiger partial charge in [0.2, 0.25) is 11.8 Å². The fourth-order valence-corrected chi connectivity index (χ4v) is 4.46. The van der Waals surface area contributed by atoms with Gasteiger partial charge in [0.15, 0.2) is 0 Å². The minimum absolute atomic E-state index is 0.0678. The van der Waals surface area contributed by atoms with Crippen LogP contribution in [0.5, 0.6) is 0 Å². The second kappa shape index (κ2) is 7.19. The first-order valence-corrected chi connectivity index (χ1v) is 9.95. The van der Waals surface area contributed by atoms with Gasteiger partial charge in [-0.25, -0.2) is 0 Å². The zero-order valence-electron chi connectivity index (χ0n) is 14.9. The van der Waals surface area contributed by atoms with Gasteiger partial charge in [0.05, 0.1) is 24.7 Å². The van der Waals surface area contributed by atoms with Crippen LogP contribution in [-0.4, -0.2) is 39.2 Å². The predicted octanol–water partition coefficient (Wildman–Crippen LogP) is 2.99. The van der Waals surface area contributed by atoms with E-state index in [0.29, 0.717) is 32.1 Å². The van der Waals surface area contributed by atoms with Crippen molar-refractivity contribution in [2.24, 2.45) is 5.92 Å². The smallest absolute Gasteiger partial charge is 0.228 e. The molecule has 2 fully saturated rings. The van der Waals surface area contributed by atoms with E-state index in [1.807, 2.05) is 28.0 Å². The molecule has 5 nitrogen and oxygen atoms in total. The molecular formula is C20H23N3O2S. The molecule has 1 atom stereocenters. The van der Waals surface area contributed by atoms with Gasteiger partial charge in [-0.1, -0.05) is 6.07 Å². The Balaban J connectivity index is 1.51. The highest BCUT2D eigenvalue weighted by Crippen LogP contribution is 2.33. The summed E-state index contributed by atoms with van der Waals surface area (Å²) in [7, 11) is 0. The molecule has 0 radical (unpaired) electrons. The Kier molecular flexibility index (Phi) is 4.76. The van der Waals surface area contributed by atoms with Gasteiger partial charge in [0, 0.05) is 35.0 Å². The lowest BCUT2D eigenvalue weighted by Crippen LogP contribution is -2.37. The van der Waals surface area contributed by atoms with Gasteiger partial charge in [-0.2, -0.15) is 0 Å². The number of pyridine rings is 1. The second-order valence-electron chi connectivity index (χ2n) is 7.21. The summed E-state index contributed by atoms with van der Waals surface area (Å²) in [6.07, 6.45) is 4.26. The number of hydrogen-bond acceptors (Lipinski definition) is 4. The zero-order valence-corrected chi connectivity index (χ0v) is 15.7. The second-order valence-corrected chi connectivity index (χ2v) is 8.58. The van der Waals surface area contributed by atoms with E-state index in [-0.39, 0.29) is 17.7 Å². The Labute approximate surface area is 157 Å². The van der Waals surface area contributed by atoms with Gasteiger partial charge in [-0.05, 0) is 44.0 Å². The molecule has 26 heavy (non-hydrogen) atoms. The molecule has 1 aliphatic carbocycles. The molecule has 1 saturated heterocycles. The van der Waals surface area contributed by atoms with E-state index < -0.39 is 0 Å². The molecule has 1 aliphatic heterocycles. The van der Waals surface area contributed by atoms with Crippen molar-refractivity contribution in [1.29, 1.82) is 0 Å².